The molecule has 1 amide bonds. The lowest BCUT2D eigenvalue weighted by molar-refractivity contribution is -0.117. The van der Waals surface area contributed by atoms with Crippen molar-refractivity contribution in [3.8, 4) is 11.8 Å². The van der Waals surface area contributed by atoms with E-state index in [4.69, 9.17) is 10.8 Å². The van der Waals surface area contributed by atoms with Crippen molar-refractivity contribution in [2.24, 2.45) is 5.73 Å². The molecule has 0 saturated heterocycles. The van der Waals surface area contributed by atoms with Crippen LogP contribution in [0, 0.1) is 18.8 Å². The molecule has 3 N–H and O–H groups in total. The van der Waals surface area contributed by atoms with E-state index in [2.05, 4.69) is 16.8 Å². The van der Waals surface area contributed by atoms with E-state index >= 15 is 0 Å². The van der Waals surface area contributed by atoms with Gasteiger partial charge in [-0.3, -0.25) is 4.79 Å². The molecule has 6 heteroatoms. The van der Waals surface area contributed by atoms with Crippen LogP contribution in [0.15, 0.2) is 0 Å². The van der Waals surface area contributed by atoms with Crippen molar-refractivity contribution in [1.29, 1.82) is 0 Å². The molecule has 0 atom stereocenters. The van der Waals surface area contributed by atoms with E-state index in [-0.39, 0.29) is 11.3 Å². The van der Waals surface area contributed by atoms with Crippen LogP contribution in [0.25, 0.3) is 0 Å². The van der Waals surface area contributed by atoms with Crippen LogP contribution in [0.4, 0.5) is 0 Å². The van der Waals surface area contributed by atoms with Gasteiger partial charge in [0.15, 0.2) is 5.01 Å². The summed E-state index contributed by atoms with van der Waals surface area (Å²) in [5.74, 6) is 3.56. The number of aromatic nitrogens is 1. The lowest BCUT2D eigenvalue weighted by Crippen LogP contribution is -2.08. The molecule has 1 aromatic heterocycles. The Morgan fingerprint density at radius 2 is 2.27 bits per heavy atom. The fourth-order valence-electron chi connectivity index (χ4n) is 0.855. The van der Waals surface area contributed by atoms with E-state index in [1.54, 1.807) is 6.92 Å². The lowest BCUT2D eigenvalue weighted by atomic mass is 10.4. The highest BCUT2D eigenvalue weighted by Gasteiger charge is 2.12. The maximum absolute atomic E-state index is 10.7. The Labute approximate surface area is 89.9 Å². The number of amides is 1. The molecule has 0 fully saturated rings. The fourth-order valence-corrected chi connectivity index (χ4v) is 1.64. The molecule has 15 heavy (non-hydrogen) atoms. The van der Waals surface area contributed by atoms with E-state index in [0.29, 0.717) is 10.7 Å². The van der Waals surface area contributed by atoms with Crippen LogP contribution in [0.2, 0.25) is 0 Å². The van der Waals surface area contributed by atoms with Crippen LogP contribution >= 0.6 is 11.3 Å². The molecule has 0 radical (unpaired) electrons. The maximum atomic E-state index is 10.7. The van der Waals surface area contributed by atoms with Crippen molar-refractivity contribution < 1.29 is 14.7 Å². The second kappa shape index (κ2) is 4.57. The molecular weight excluding hydrogens is 216 g/mol. The summed E-state index contributed by atoms with van der Waals surface area (Å²) in [5, 5.41) is 9.12. The van der Waals surface area contributed by atoms with Crippen LogP contribution < -0.4 is 5.73 Å². The summed E-state index contributed by atoms with van der Waals surface area (Å²) in [6.07, 6.45) is -0.0545. The highest BCUT2D eigenvalue weighted by Crippen LogP contribution is 2.16. The summed E-state index contributed by atoms with van der Waals surface area (Å²) in [6.45, 7) is 1.60. The molecule has 0 aliphatic rings. The lowest BCUT2D eigenvalue weighted by Gasteiger charge is -1.84. The van der Waals surface area contributed by atoms with Gasteiger partial charge in [-0.2, -0.15) is 0 Å². The number of aromatic carboxylic acids is 1. The average Bonchev–Trinajstić information content (AvgIpc) is 2.46. The van der Waals surface area contributed by atoms with E-state index in [1.807, 2.05) is 0 Å². The van der Waals surface area contributed by atoms with Crippen molar-refractivity contribution in [1.82, 2.24) is 4.98 Å². The number of carbonyl (C=O) groups is 2. The number of hydrogen-bond acceptors (Lipinski definition) is 4. The summed E-state index contributed by atoms with van der Waals surface area (Å²) < 4.78 is 0. The summed E-state index contributed by atoms with van der Waals surface area (Å²) in [4.78, 5) is 25.1. The van der Waals surface area contributed by atoms with Gasteiger partial charge in [-0.05, 0) is 12.8 Å². The molecule has 5 nitrogen and oxygen atoms in total. The average molecular weight is 224 g/mol. The Balaban J connectivity index is 2.87. The van der Waals surface area contributed by atoms with Gasteiger partial charge in [0.25, 0.3) is 0 Å². The second-order valence-electron chi connectivity index (χ2n) is 2.68. The number of rotatable bonds is 2. The minimum atomic E-state index is -1.02. The molecule has 0 aliphatic carbocycles. The summed E-state index contributed by atoms with van der Waals surface area (Å²) in [5.41, 5.74) is 5.31. The summed E-state index contributed by atoms with van der Waals surface area (Å²) in [6, 6.07) is 0. The third kappa shape index (κ3) is 3.07. The molecule has 0 aliphatic heterocycles. The highest BCUT2D eigenvalue weighted by molar-refractivity contribution is 7.14. The van der Waals surface area contributed by atoms with Gasteiger partial charge in [0.05, 0.1) is 12.1 Å². The zero-order valence-corrected chi connectivity index (χ0v) is 8.72. The quantitative estimate of drug-likeness (QED) is 0.710. The Bertz CT molecular complexity index is 467. The molecule has 0 aromatic carbocycles. The van der Waals surface area contributed by atoms with Gasteiger partial charge < -0.3 is 10.8 Å². The molecule has 0 bridgehead atoms. The van der Waals surface area contributed by atoms with Crippen LogP contribution in [-0.2, 0) is 4.79 Å². The largest absolute Gasteiger partial charge is 0.477 e. The van der Waals surface area contributed by atoms with Gasteiger partial charge in [-0.25, -0.2) is 9.78 Å². The van der Waals surface area contributed by atoms with E-state index in [0.717, 1.165) is 11.3 Å². The third-order valence-electron chi connectivity index (χ3n) is 1.45. The molecule has 0 unspecified atom stereocenters. The number of hydrogen-bond donors (Lipinski definition) is 2. The number of carboxylic acid groups (broad SMARTS) is 1. The first kappa shape index (κ1) is 11.2. The predicted octanol–water partition coefficient (Wildman–Crippen LogP) is 0.377. The SMILES string of the molecule is Cc1nc(C#CCC(N)=O)sc1C(=O)O. The van der Waals surface area contributed by atoms with Crippen LogP contribution in [0.5, 0.6) is 0 Å². The number of carbonyl (C=O) groups excluding carboxylic acids is 1. The molecule has 0 spiro atoms. The maximum Gasteiger partial charge on any atom is 0.347 e. The van der Waals surface area contributed by atoms with E-state index in [1.165, 1.54) is 0 Å². The van der Waals surface area contributed by atoms with Crippen LogP contribution in [0.1, 0.15) is 26.8 Å². The van der Waals surface area contributed by atoms with Crippen LogP contribution in [-0.4, -0.2) is 22.0 Å². The number of nitrogens with two attached hydrogens (primary N) is 1. The van der Waals surface area contributed by atoms with Gasteiger partial charge in [-0.15, -0.1) is 0 Å². The Morgan fingerprint density at radius 1 is 1.60 bits per heavy atom. The number of primary amides is 1. The number of carboxylic acids is 1. The Kier molecular flexibility index (Phi) is 3.42. The fraction of sp³-hybridized carbons (Fsp3) is 0.222. The van der Waals surface area contributed by atoms with Gasteiger partial charge in [-0.1, -0.05) is 17.3 Å². The molecule has 1 aromatic rings. The van der Waals surface area contributed by atoms with Crippen molar-refractivity contribution in [3.63, 3.8) is 0 Å². The smallest absolute Gasteiger partial charge is 0.347 e. The Morgan fingerprint density at radius 3 is 2.73 bits per heavy atom. The summed E-state index contributed by atoms with van der Waals surface area (Å²) in [7, 11) is 0. The Hall–Kier alpha value is -1.87. The zero-order chi connectivity index (χ0) is 11.4. The number of nitrogens with zero attached hydrogens (tertiary/aromatic N) is 1. The number of thiazole rings is 1. The highest BCUT2D eigenvalue weighted by atomic mass is 32.1. The molecule has 78 valence electrons. The monoisotopic (exact) mass is 224 g/mol. The molecular formula is C9H8N2O3S. The van der Waals surface area contributed by atoms with E-state index in [9.17, 15) is 9.59 Å². The molecule has 1 rings (SSSR count). The topological polar surface area (TPSA) is 93.3 Å². The first-order chi connectivity index (χ1) is 7.00. The normalized spacial score (nSPS) is 9.13. The van der Waals surface area contributed by atoms with Crippen molar-refractivity contribution in [2.45, 2.75) is 13.3 Å². The molecule has 1 heterocycles. The minimum Gasteiger partial charge on any atom is -0.477 e. The van der Waals surface area contributed by atoms with Crippen molar-refractivity contribution >= 4 is 23.2 Å². The van der Waals surface area contributed by atoms with Gasteiger partial charge in [0.2, 0.25) is 5.91 Å². The summed E-state index contributed by atoms with van der Waals surface area (Å²) >= 11 is 0.983. The van der Waals surface area contributed by atoms with E-state index < -0.39 is 11.9 Å². The third-order valence-corrected chi connectivity index (χ3v) is 2.51. The minimum absolute atomic E-state index is 0.0545. The van der Waals surface area contributed by atoms with Crippen molar-refractivity contribution in [2.75, 3.05) is 0 Å². The number of aryl methyl sites for hydroxylation is 1. The first-order valence-electron chi connectivity index (χ1n) is 3.98. The zero-order valence-electron chi connectivity index (χ0n) is 7.90. The first-order valence-corrected chi connectivity index (χ1v) is 4.80. The van der Waals surface area contributed by atoms with Crippen LogP contribution in [0.3, 0.4) is 0 Å². The van der Waals surface area contributed by atoms with Gasteiger partial charge in [0.1, 0.15) is 4.88 Å². The predicted molar refractivity (Wildman–Crippen MR) is 54.5 cm³/mol. The van der Waals surface area contributed by atoms with Crippen molar-refractivity contribution in [3.05, 3.63) is 15.6 Å². The molecule has 0 saturated carbocycles. The standard InChI is InChI=1S/C9H8N2O3S/c1-5-8(9(13)14)15-7(11-5)4-2-3-6(10)12/h3H2,1H3,(H2,10,12)(H,13,14). The van der Waals surface area contributed by atoms with Gasteiger partial charge in [0, 0.05) is 0 Å². The van der Waals surface area contributed by atoms with Gasteiger partial charge >= 0.3 is 5.97 Å². The second-order valence-corrected chi connectivity index (χ2v) is 3.68.